The van der Waals surface area contributed by atoms with Gasteiger partial charge in [-0.1, -0.05) is 0 Å². The molecule has 0 bridgehead atoms. The van der Waals surface area contributed by atoms with Crippen molar-refractivity contribution in [3.8, 4) is 0 Å². The van der Waals surface area contributed by atoms with Gasteiger partial charge in [0.2, 0.25) is 0 Å². The average molecular weight is 349 g/mol. The quantitative estimate of drug-likeness (QED) is 0.914. The maximum atomic E-state index is 12.4. The highest BCUT2D eigenvalue weighted by molar-refractivity contribution is 7.91. The van der Waals surface area contributed by atoms with E-state index in [0.717, 1.165) is 36.9 Å². The number of carbonyl (C=O) groups is 1. The van der Waals surface area contributed by atoms with Crippen LogP contribution in [0.25, 0.3) is 0 Å². The number of hydrogen-bond donors (Lipinski definition) is 1. The van der Waals surface area contributed by atoms with E-state index in [1.807, 2.05) is 0 Å². The van der Waals surface area contributed by atoms with Gasteiger partial charge in [0.05, 0.1) is 29.5 Å². The first-order chi connectivity index (χ1) is 11.5. The molecular formula is C16H19N3O4S. The molecule has 1 aliphatic carbocycles. The standard InChI is InChI=1S/C16H19N3O4S/c20-16(14-6-3-8-23-14)17-15-12-4-1-2-5-13(12)18-19(15)11-7-9-24(21,22)10-11/h3,6,8,11H,1-2,4-5,7,9-10H2,(H,17,20). The van der Waals surface area contributed by atoms with Gasteiger partial charge < -0.3 is 9.73 Å². The molecule has 7 nitrogen and oxygen atoms in total. The van der Waals surface area contributed by atoms with Crippen molar-refractivity contribution < 1.29 is 17.6 Å². The molecule has 1 N–H and O–H groups in total. The molecule has 1 saturated heterocycles. The zero-order chi connectivity index (χ0) is 16.7. The van der Waals surface area contributed by atoms with Gasteiger partial charge in [-0.25, -0.2) is 13.1 Å². The van der Waals surface area contributed by atoms with Gasteiger partial charge in [-0.05, 0) is 44.2 Å². The highest BCUT2D eigenvalue weighted by Crippen LogP contribution is 2.34. The highest BCUT2D eigenvalue weighted by Gasteiger charge is 2.34. The number of rotatable bonds is 3. The molecule has 128 valence electrons. The lowest BCUT2D eigenvalue weighted by molar-refractivity contribution is 0.0995. The van der Waals surface area contributed by atoms with Crippen LogP contribution < -0.4 is 5.32 Å². The maximum Gasteiger partial charge on any atom is 0.292 e. The van der Waals surface area contributed by atoms with Crippen LogP contribution in [0.5, 0.6) is 0 Å². The van der Waals surface area contributed by atoms with Crippen molar-refractivity contribution in [1.82, 2.24) is 9.78 Å². The number of carbonyl (C=O) groups excluding carboxylic acids is 1. The van der Waals surface area contributed by atoms with Gasteiger partial charge in [0, 0.05) is 5.56 Å². The molecule has 3 heterocycles. The lowest BCUT2D eigenvalue weighted by Gasteiger charge is -2.15. The smallest absolute Gasteiger partial charge is 0.292 e. The summed E-state index contributed by atoms with van der Waals surface area (Å²) < 4.78 is 30.5. The Labute approximate surface area is 139 Å². The fraction of sp³-hybridized carbons (Fsp3) is 0.500. The van der Waals surface area contributed by atoms with E-state index in [1.165, 1.54) is 6.26 Å². The Balaban J connectivity index is 1.71. The minimum Gasteiger partial charge on any atom is -0.459 e. The number of nitrogens with zero attached hydrogens (tertiary/aromatic N) is 2. The van der Waals surface area contributed by atoms with Crippen molar-refractivity contribution >= 4 is 21.6 Å². The predicted molar refractivity (Wildman–Crippen MR) is 87.8 cm³/mol. The van der Waals surface area contributed by atoms with E-state index in [1.54, 1.807) is 16.8 Å². The van der Waals surface area contributed by atoms with Crippen LogP contribution in [0.2, 0.25) is 0 Å². The molecule has 1 aliphatic heterocycles. The summed E-state index contributed by atoms with van der Waals surface area (Å²) in [6, 6.07) is 3.04. The summed E-state index contributed by atoms with van der Waals surface area (Å²) in [5, 5.41) is 7.54. The fourth-order valence-electron chi connectivity index (χ4n) is 3.52. The molecule has 8 heteroatoms. The van der Waals surface area contributed by atoms with E-state index >= 15 is 0 Å². The minimum absolute atomic E-state index is 0.0805. The van der Waals surface area contributed by atoms with Crippen molar-refractivity contribution in [3.05, 3.63) is 35.4 Å². The van der Waals surface area contributed by atoms with Crippen LogP contribution in [0.4, 0.5) is 5.82 Å². The van der Waals surface area contributed by atoms with Crippen LogP contribution in [0.3, 0.4) is 0 Å². The SMILES string of the molecule is O=C(Nc1c2c(nn1C1CCS(=O)(=O)C1)CCCC2)c1ccco1. The molecular weight excluding hydrogens is 330 g/mol. The van der Waals surface area contributed by atoms with Crippen LogP contribution in [0, 0.1) is 0 Å². The Morgan fingerprint density at radius 3 is 2.88 bits per heavy atom. The molecule has 24 heavy (non-hydrogen) atoms. The summed E-state index contributed by atoms with van der Waals surface area (Å²) in [5.41, 5.74) is 2.01. The maximum absolute atomic E-state index is 12.4. The van der Waals surface area contributed by atoms with Crippen molar-refractivity contribution in [3.63, 3.8) is 0 Å². The Kier molecular flexibility index (Phi) is 3.71. The Hall–Kier alpha value is -2.09. The van der Waals surface area contributed by atoms with Gasteiger partial charge in [0.25, 0.3) is 5.91 Å². The lowest BCUT2D eigenvalue weighted by atomic mass is 9.97. The number of nitrogens with one attached hydrogen (secondary N) is 1. The largest absolute Gasteiger partial charge is 0.459 e. The number of anilines is 1. The van der Waals surface area contributed by atoms with Crippen LogP contribution in [-0.2, 0) is 22.7 Å². The number of aryl methyl sites for hydroxylation is 1. The Morgan fingerprint density at radius 2 is 2.17 bits per heavy atom. The number of furan rings is 1. The predicted octanol–water partition coefficient (Wildman–Crippen LogP) is 1.97. The van der Waals surface area contributed by atoms with Crippen molar-refractivity contribution in [1.29, 1.82) is 0 Å². The molecule has 2 aromatic rings. The van der Waals surface area contributed by atoms with E-state index in [2.05, 4.69) is 10.4 Å². The third-order valence-corrected chi connectivity index (χ3v) is 6.46. The summed E-state index contributed by atoms with van der Waals surface area (Å²) in [4.78, 5) is 12.4. The van der Waals surface area contributed by atoms with Crippen LogP contribution >= 0.6 is 0 Å². The molecule has 2 aromatic heterocycles. The molecule has 2 aliphatic rings. The number of fused-ring (bicyclic) bond motifs is 1. The minimum atomic E-state index is -3.03. The average Bonchev–Trinajstić information content (AvgIpc) is 3.26. The first-order valence-electron chi connectivity index (χ1n) is 8.19. The molecule has 0 spiro atoms. The van der Waals surface area contributed by atoms with Crippen LogP contribution in [-0.4, -0.2) is 35.6 Å². The Morgan fingerprint density at radius 1 is 1.33 bits per heavy atom. The Bertz CT molecular complexity index is 868. The summed E-state index contributed by atoms with van der Waals surface area (Å²) in [5.74, 6) is 0.778. The number of aromatic nitrogens is 2. The van der Waals surface area contributed by atoms with Gasteiger partial charge in [-0.2, -0.15) is 5.10 Å². The summed E-state index contributed by atoms with van der Waals surface area (Å²) in [7, 11) is -3.03. The second-order valence-electron chi connectivity index (χ2n) is 6.41. The molecule has 1 fully saturated rings. The molecule has 1 unspecified atom stereocenters. The number of sulfone groups is 1. The highest BCUT2D eigenvalue weighted by atomic mass is 32.2. The second kappa shape index (κ2) is 5.77. The van der Waals surface area contributed by atoms with E-state index < -0.39 is 9.84 Å². The number of hydrogen-bond acceptors (Lipinski definition) is 5. The lowest BCUT2D eigenvalue weighted by Crippen LogP contribution is -2.20. The van der Waals surface area contributed by atoms with Crippen molar-refractivity contribution in [2.45, 2.75) is 38.1 Å². The van der Waals surface area contributed by atoms with E-state index in [-0.39, 0.29) is 29.2 Å². The van der Waals surface area contributed by atoms with Gasteiger partial charge in [0.15, 0.2) is 15.6 Å². The molecule has 0 aromatic carbocycles. The molecule has 0 saturated carbocycles. The van der Waals surface area contributed by atoms with Crippen LogP contribution in [0.1, 0.15) is 47.1 Å². The molecule has 1 amide bonds. The van der Waals surface area contributed by atoms with Crippen molar-refractivity contribution in [2.24, 2.45) is 0 Å². The van der Waals surface area contributed by atoms with Crippen LogP contribution in [0.15, 0.2) is 22.8 Å². The fourth-order valence-corrected chi connectivity index (χ4v) is 5.21. The monoisotopic (exact) mass is 349 g/mol. The summed E-state index contributed by atoms with van der Waals surface area (Å²) >= 11 is 0. The van der Waals surface area contributed by atoms with Crippen molar-refractivity contribution in [2.75, 3.05) is 16.8 Å². The first-order valence-corrected chi connectivity index (χ1v) is 10.0. The van der Waals surface area contributed by atoms with Gasteiger partial charge in [-0.3, -0.25) is 4.79 Å². The third-order valence-electron chi connectivity index (χ3n) is 4.71. The van der Waals surface area contributed by atoms with Gasteiger partial charge >= 0.3 is 0 Å². The molecule has 1 atom stereocenters. The normalized spacial score (nSPS) is 22.2. The van der Waals surface area contributed by atoms with E-state index in [9.17, 15) is 13.2 Å². The first kappa shape index (κ1) is 15.4. The topological polar surface area (TPSA) is 94.2 Å². The molecule has 0 radical (unpaired) electrons. The third kappa shape index (κ3) is 2.75. The zero-order valence-corrected chi connectivity index (χ0v) is 14.0. The number of amides is 1. The zero-order valence-electron chi connectivity index (χ0n) is 13.2. The summed E-state index contributed by atoms with van der Waals surface area (Å²) in [6.07, 6.45) is 5.82. The van der Waals surface area contributed by atoms with E-state index in [0.29, 0.717) is 12.2 Å². The summed E-state index contributed by atoms with van der Waals surface area (Å²) in [6.45, 7) is 0. The van der Waals surface area contributed by atoms with E-state index in [4.69, 9.17) is 4.42 Å². The second-order valence-corrected chi connectivity index (χ2v) is 8.64. The van der Waals surface area contributed by atoms with Gasteiger partial charge in [0.1, 0.15) is 5.82 Å². The molecule has 4 rings (SSSR count). The van der Waals surface area contributed by atoms with Gasteiger partial charge in [-0.15, -0.1) is 0 Å².